The molecule has 0 aliphatic heterocycles. The van der Waals surface area contributed by atoms with Gasteiger partial charge in [0.05, 0.1) is 11.3 Å². The molecule has 0 spiro atoms. The van der Waals surface area contributed by atoms with Crippen LogP contribution in [0.15, 0.2) is 47.6 Å². The number of Topliss-reactive ketones (excluding diaryl/α,β-unsaturated/α-hetero) is 1. The van der Waals surface area contributed by atoms with Crippen molar-refractivity contribution < 1.29 is 9.18 Å². The lowest BCUT2D eigenvalue weighted by molar-refractivity contribution is 0.102. The number of aromatic nitrogens is 3. The minimum absolute atomic E-state index is 0.0833. The second kappa shape index (κ2) is 9.13. The van der Waals surface area contributed by atoms with Crippen LogP contribution in [-0.4, -0.2) is 26.3 Å². The topological polar surface area (TPSA) is 47.8 Å². The standard InChI is InChI=1S/C24H26FN3OS/c1-16(2)14-28-23(20-9-5-6-10-21(20)25)26-27-24(28)30-15-22(29)19-12-11-17-7-3-4-8-18(17)13-19/h5-6,9-13,16H,3-4,7-8,14-15H2,1-2H3. The Balaban J connectivity index is 1.54. The first-order valence-corrected chi connectivity index (χ1v) is 11.5. The third kappa shape index (κ3) is 4.48. The van der Waals surface area contributed by atoms with Crippen molar-refractivity contribution >= 4 is 17.5 Å². The molecule has 156 valence electrons. The molecule has 1 aliphatic carbocycles. The van der Waals surface area contributed by atoms with Gasteiger partial charge in [-0.1, -0.05) is 49.9 Å². The third-order valence-electron chi connectivity index (χ3n) is 5.38. The van der Waals surface area contributed by atoms with Crippen LogP contribution in [0.2, 0.25) is 0 Å². The molecule has 0 saturated carbocycles. The fourth-order valence-corrected chi connectivity index (χ4v) is 4.73. The summed E-state index contributed by atoms with van der Waals surface area (Å²) in [5.41, 5.74) is 3.87. The molecule has 0 radical (unpaired) electrons. The molecule has 0 atom stereocenters. The molecule has 30 heavy (non-hydrogen) atoms. The molecule has 4 rings (SSSR count). The van der Waals surface area contributed by atoms with Crippen LogP contribution in [0.3, 0.4) is 0 Å². The summed E-state index contributed by atoms with van der Waals surface area (Å²) in [7, 11) is 0. The number of carbonyl (C=O) groups excluding carboxylic acids is 1. The van der Waals surface area contributed by atoms with E-state index in [2.05, 4.69) is 36.2 Å². The highest BCUT2D eigenvalue weighted by Crippen LogP contribution is 2.28. The monoisotopic (exact) mass is 423 g/mol. The van der Waals surface area contributed by atoms with Gasteiger partial charge in [0.15, 0.2) is 16.8 Å². The Labute approximate surface area is 180 Å². The normalized spacial score (nSPS) is 13.5. The minimum atomic E-state index is -0.323. The Hall–Kier alpha value is -2.47. The van der Waals surface area contributed by atoms with Crippen LogP contribution in [0, 0.1) is 11.7 Å². The highest BCUT2D eigenvalue weighted by molar-refractivity contribution is 7.99. The lowest BCUT2D eigenvalue weighted by Crippen LogP contribution is -2.10. The Morgan fingerprint density at radius 1 is 1.10 bits per heavy atom. The first kappa shape index (κ1) is 20.8. The first-order valence-electron chi connectivity index (χ1n) is 10.5. The van der Waals surface area contributed by atoms with Crippen LogP contribution in [0.1, 0.15) is 48.2 Å². The van der Waals surface area contributed by atoms with E-state index < -0.39 is 0 Å². The second-order valence-corrected chi connectivity index (χ2v) is 9.14. The molecular formula is C24H26FN3OS. The van der Waals surface area contributed by atoms with Gasteiger partial charge in [0.25, 0.3) is 0 Å². The van der Waals surface area contributed by atoms with E-state index in [1.54, 1.807) is 18.2 Å². The van der Waals surface area contributed by atoms with Crippen LogP contribution < -0.4 is 0 Å². The number of carbonyl (C=O) groups is 1. The van der Waals surface area contributed by atoms with E-state index in [1.807, 2.05) is 10.6 Å². The van der Waals surface area contributed by atoms with Crippen LogP contribution in [-0.2, 0) is 19.4 Å². The Bertz CT molecular complexity index is 1060. The highest BCUT2D eigenvalue weighted by atomic mass is 32.2. The number of benzene rings is 2. The zero-order valence-corrected chi connectivity index (χ0v) is 18.2. The molecule has 0 saturated heterocycles. The number of rotatable bonds is 7. The van der Waals surface area contributed by atoms with E-state index in [9.17, 15) is 9.18 Å². The summed E-state index contributed by atoms with van der Waals surface area (Å²) in [5, 5.41) is 9.18. The SMILES string of the molecule is CC(C)Cn1c(SCC(=O)c2ccc3c(c2)CCCC3)nnc1-c1ccccc1F. The highest BCUT2D eigenvalue weighted by Gasteiger charge is 2.19. The van der Waals surface area contributed by atoms with Crippen LogP contribution in [0.25, 0.3) is 11.4 Å². The summed E-state index contributed by atoms with van der Waals surface area (Å²) in [6.45, 7) is 4.85. The van der Waals surface area contributed by atoms with Crippen molar-refractivity contribution in [1.29, 1.82) is 0 Å². The molecule has 1 heterocycles. The predicted octanol–water partition coefficient (Wildman–Crippen LogP) is 5.59. The molecule has 0 fully saturated rings. The summed E-state index contributed by atoms with van der Waals surface area (Å²) in [4.78, 5) is 12.8. The van der Waals surface area contributed by atoms with Crippen molar-refractivity contribution in [3.63, 3.8) is 0 Å². The number of aryl methyl sites for hydroxylation is 2. The average molecular weight is 424 g/mol. The minimum Gasteiger partial charge on any atom is -0.302 e. The Morgan fingerprint density at radius 3 is 2.63 bits per heavy atom. The maximum Gasteiger partial charge on any atom is 0.191 e. The van der Waals surface area contributed by atoms with Crippen molar-refractivity contribution in [2.75, 3.05) is 5.75 Å². The smallest absolute Gasteiger partial charge is 0.191 e. The predicted molar refractivity (Wildman–Crippen MR) is 118 cm³/mol. The number of thioether (sulfide) groups is 1. The van der Waals surface area contributed by atoms with Gasteiger partial charge in [0.2, 0.25) is 0 Å². The molecule has 6 heteroatoms. The zero-order chi connectivity index (χ0) is 21.1. The van der Waals surface area contributed by atoms with Gasteiger partial charge < -0.3 is 4.57 Å². The van der Waals surface area contributed by atoms with Crippen molar-refractivity contribution in [3.8, 4) is 11.4 Å². The van der Waals surface area contributed by atoms with E-state index in [4.69, 9.17) is 0 Å². The number of fused-ring (bicyclic) bond motifs is 1. The Morgan fingerprint density at radius 2 is 1.87 bits per heavy atom. The summed E-state index contributed by atoms with van der Waals surface area (Å²) >= 11 is 1.37. The molecular weight excluding hydrogens is 397 g/mol. The summed E-state index contributed by atoms with van der Waals surface area (Å²) < 4.78 is 16.3. The zero-order valence-electron chi connectivity index (χ0n) is 17.4. The van der Waals surface area contributed by atoms with E-state index in [0.29, 0.717) is 29.0 Å². The van der Waals surface area contributed by atoms with Crippen LogP contribution in [0.5, 0.6) is 0 Å². The number of ketones is 1. The summed E-state index contributed by atoms with van der Waals surface area (Å²) in [6, 6.07) is 12.7. The van der Waals surface area contributed by atoms with E-state index >= 15 is 0 Å². The van der Waals surface area contributed by atoms with Crippen LogP contribution in [0.4, 0.5) is 4.39 Å². The average Bonchev–Trinajstić information content (AvgIpc) is 3.13. The lowest BCUT2D eigenvalue weighted by Gasteiger charge is -2.16. The van der Waals surface area contributed by atoms with Gasteiger partial charge in [0.1, 0.15) is 5.82 Å². The lowest BCUT2D eigenvalue weighted by atomic mass is 9.90. The van der Waals surface area contributed by atoms with Gasteiger partial charge in [-0.25, -0.2) is 4.39 Å². The van der Waals surface area contributed by atoms with Gasteiger partial charge in [-0.05, 0) is 60.9 Å². The number of hydrogen-bond acceptors (Lipinski definition) is 4. The van der Waals surface area contributed by atoms with Crippen molar-refractivity contribution in [2.45, 2.75) is 51.2 Å². The Kier molecular flexibility index (Phi) is 6.32. The fraction of sp³-hybridized carbons (Fsp3) is 0.375. The summed E-state index contributed by atoms with van der Waals surface area (Å²) in [6.07, 6.45) is 4.58. The molecule has 2 aromatic carbocycles. The molecule has 1 aromatic heterocycles. The maximum absolute atomic E-state index is 14.3. The van der Waals surface area contributed by atoms with Crippen LogP contribution >= 0.6 is 11.8 Å². The first-order chi connectivity index (χ1) is 14.5. The molecule has 0 N–H and O–H groups in total. The second-order valence-electron chi connectivity index (χ2n) is 8.19. The van der Waals surface area contributed by atoms with Crippen molar-refractivity contribution in [1.82, 2.24) is 14.8 Å². The van der Waals surface area contributed by atoms with Gasteiger partial charge in [-0.2, -0.15) is 0 Å². The molecule has 0 unspecified atom stereocenters. The van der Waals surface area contributed by atoms with E-state index in [1.165, 1.54) is 41.8 Å². The molecule has 4 nitrogen and oxygen atoms in total. The van der Waals surface area contributed by atoms with Gasteiger partial charge in [-0.15, -0.1) is 10.2 Å². The van der Waals surface area contributed by atoms with E-state index in [-0.39, 0.29) is 17.4 Å². The van der Waals surface area contributed by atoms with E-state index in [0.717, 1.165) is 18.4 Å². The number of nitrogens with zero attached hydrogens (tertiary/aromatic N) is 3. The van der Waals surface area contributed by atoms with Gasteiger partial charge in [0, 0.05) is 12.1 Å². The quantitative estimate of drug-likeness (QED) is 0.367. The van der Waals surface area contributed by atoms with Gasteiger partial charge in [-0.3, -0.25) is 4.79 Å². The maximum atomic E-state index is 14.3. The summed E-state index contributed by atoms with van der Waals surface area (Å²) in [5.74, 6) is 0.885. The molecule has 1 aliphatic rings. The van der Waals surface area contributed by atoms with Crippen molar-refractivity contribution in [2.24, 2.45) is 5.92 Å². The van der Waals surface area contributed by atoms with Gasteiger partial charge >= 0.3 is 0 Å². The fourth-order valence-electron chi connectivity index (χ4n) is 3.89. The molecule has 3 aromatic rings. The van der Waals surface area contributed by atoms with Crippen molar-refractivity contribution in [3.05, 3.63) is 65.0 Å². The number of hydrogen-bond donors (Lipinski definition) is 0. The third-order valence-corrected chi connectivity index (χ3v) is 6.35. The molecule has 0 bridgehead atoms. The number of halogens is 1. The largest absolute Gasteiger partial charge is 0.302 e. The molecule has 0 amide bonds.